The smallest absolute Gasteiger partial charge is 0.295 e. The SMILES string of the molecule is CN(C)Cc1cccc(C2NC3CC(N)=Cc4c3c2cnnc4=O)c1. The molecule has 2 atom stereocenters. The van der Waals surface area contributed by atoms with Crippen molar-refractivity contribution >= 4 is 6.08 Å². The molecule has 1 aliphatic carbocycles. The van der Waals surface area contributed by atoms with Gasteiger partial charge >= 0.3 is 0 Å². The van der Waals surface area contributed by atoms with E-state index >= 15 is 0 Å². The molecule has 25 heavy (non-hydrogen) atoms. The molecule has 3 N–H and O–H groups in total. The van der Waals surface area contributed by atoms with Crippen LogP contribution in [0.1, 0.15) is 46.3 Å². The fourth-order valence-corrected chi connectivity index (χ4v) is 3.82. The lowest BCUT2D eigenvalue weighted by Gasteiger charge is -2.19. The van der Waals surface area contributed by atoms with Crippen molar-refractivity contribution in [3.63, 3.8) is 0 Å². The number of hydrogen-bond donors (Lipinski definition) is 2. The third-order valence-electron chi connectivity index (χ3n) is 4.76. The monoisotopic (exact) mass is 335 g/mol. The molecule has 2 aliphatic rings. The summed E-state index contributed by atoms with van der Waals surface area (Å²) in [5, 5.41) is 11.4. The van der Waals surface area contributed by atoms with E-state index in [4.69, 9.17) is 5.73 Å². The minimum Gasteiger partial charge on any atom is -0.402 e. The number of rotatable bonds is 3. The minimum atomic E-state index is -0.322. The fourth-order valence-electron chi connectivity index (χ4n) is 3.82. The summed E-state index contributed by atoms with van der Waals surface area (Å²) < 4.78 is 0. The van der Waals surface area contributed by atoms with Crippen LogP contribution in [0.5, 0.6) is 0 Å². The second-order valence-corrected chi connectivity index (χ2v) is 6.99. The topological polar surface area (TPSA) is 84.1 Å². The molecule has 0 bridgehead atoms. The van der Waals surface area contributed by atoms with Gasteiger partial charge in [-0.2, -0.15) is 5.10 Å². The average Bonchev–Trinajstić information content (AvgIpc) is 2.83. The zero-order valence-corrected chi connectivity index (χ0v) is 14.4. The van der Waals surface area contributed by atoms with Crippen molar-refractivity contribution in [2.45, 2.75) is 25.0 Å². The van der Waals surface area contributed by atoms with E-state index in [9.17, 15) is 4.79 Å². The normalized spacial score (nSPS) is 21.2. The maximum absolute atomic E-state index is 12.2. The molecular formula is C19H21N5O. The lowest BCUT2D eigenvalue weighted by atomic mass is 9.91. The first kappa shape index (κ1) is 15.9. The summed E-state index contributed by atoms with van der Waals surface area (Å²) in [6.45, 7) is 0.879. The zero-order chi connectivity index (χ0) is 17.6. The van der Waals surface area contributed by atoms with E-state index in [1.165, 1.54) is 5.56 Å². The summed E-state index contributed by atoms with van der Waals surface area (Å²) in [6, 6.07) is 8.53. The minimum absolute atomic E-state index is 0.0127. The van der Waals surface area contributed by atoms with Crippen molar-refractivity contribution in [3.05, 3.63) is 74.3 Å². The molecule has 128 valence electrons. The second kappa shape index (κ2) is 6.06. The summed E-state index contributed by atoms with van der Waals surface area (Å²) in [6.07, 6.45) is 4.15. The predicted octanol–water partition coefficient (Wildman–Crippen LogP) is 1.34. The Morgan fingerprint density at radius 3 is 3.00 bits per heavy atom. The van der Waals surface area contributed by atoms with Crippen LogP contribution in [0.4, 0.5) is 0 Å². The van der Waals surface area contributed by atoms with Crippen LogP contribution < -0.4 is 16.6 Å². The highest BCUT2D eigenvalue weighted by Gasteiger charge is 2.36. The molecule has 6 heteroatoms. The van der Waals surface area contributed by atoms with E-state index < -0.39 is 0 Å². The Morgan fingerprint density at radius 1 is 1.36 bits per heavy atom. The number of nitrogens with two attached hydrogens (primary N) is 1. The van der Waals surface area contributed by atoms with Crippen LogP contribution in [0.3, 0.4) is 0 Å². The van der Waals surface area contributed by atoms with Crippen LogP contribution in [0.25, 0.3) is 6.08 Å². The van der Waals surface area contributed by atoms with Gasteiger partial charge in [-0.15, -0.1) is 5.10 Å². The second-order valence-electron chi connectivity index (χ2n) is 6.99. The number of nitrogens with zero attached hydrogens (tertiary/aromatic N) is 3. The Kier molecular flexibility index (Phi) is 3.86. The van der Waals surface area contributed by atoms with Gasteiger partial charge in [0.25, 0.3) is 5.56 Å². The lowest BCUT2D eigenvalue weighted by Crippen LogP contribution is -2.24. The number of nitrogens with one attached hydrogen (secondary N) is 1. The Hall–Kier alpha value is -2.57. The van der Waals surface area contributed by atoms with Gasteiger partial charge in [-0.05, 0) is 42.4 Å². The first-order valence-corrected chi connectivity index (χ1v) is 8.38. The number of aromatic nitrogens is 2. The highest BCUT2D eigenvalue weighted by molar-refractivity contribution is 5.63. The molecule has 1 aromatic heterocycles. The van der Waals surface area contributed by atoms with Gasteiger partial charge in [0.05, 0.1) is 17.8 Å². The molecule has 0 spiro atoms. The fraction of sp³-hybridized carbons (Fsp3) is 0.316. The summed E-state index contributed by atoms with van der Waals surface area (Å²) in [7, 11) is 4.11. The first-order valence-electron chi connectivity index (χ1n) is 8.38. The predicted molar refractivity (Wildman–Crippen MR) is 96.6 cm³/mol. The van der Waals surface area contributed by atoms with Crippen molar-refractivity contribution in [1.82, 2.24) is 20.4 Å². The molecule has 2 aromatic rings. The first-order chi connectivity index (χ1) is 12.0. The molecule has 4 rings (SSSR count). The summed E-state index contributed by atoms with van der Waals surface area (Å²) >= 11 is 0. The summed E-state index contributed by atoms with van der Waals surface area (Å²) in [5.74, 6) is 0. The third-order valence-corrected chi connectivity index (χ3v) is 4.76. The maximum atomic E-state index is 12.2. The molecule has 2 unspecified atom stereocenters. The number of benzene rings is 1. The molecule has 0 radical (unpaired) electrons. The van der Waals surface area contributed by atoms with Crippen molar-refractivity contribution in [2.75, 3.05) is 14.1 Å². The van der Waals surface area contributed by atoms with Crippen LogP contribution in [-0.4, -0.2) is 29.2 Å². The van der Waals surface area contributed by atoms with E-state index in [1.54, 1.807) is 12.3 Å². The third kappa shape index (κ3) is 2.83. The van der Waals surface area contributed by atoms with Gasteiger partial charge in [-0.1, -0.05) is 24.3 Å². The molecule has 1 aliphatic heterocycles. The molecule has 0 saturated carbocycles. The van der Waals surface area contributed by atoms with Gasteiger partial charge in [0.15, 0.2) is 0 Å². The van der Waals surface area contributed by atoms with Gasteiger partial charge in [-0.3, -0.25) is 10.1 Å². The Morgan fingerprint density at radius 2 is 2.20 bits per heavy atom. The quantitative estimate of drug-likeness (QED) is 0.880. The van der Waals surface area contributed by atoms with Crippen LogP contribution in [0.2, 0.25) is 0 Å². The van der Waals surface area contributed by atoms with Crippen LogP contribution in [0, 0.1) is 0 Å². The van der Waals surface area contributed by atoms with Crippen LogP contribution in [0.15, 0.2) is 41.0 Å². The van der Waals surface area contributed by atoms with Gasteiger partial charge in [0.1, 0.15) is 0 Å². The molecular weight excluding hydrogens is 314 g/mol. The zero-order valence-electron chi connectivity index (χ0n) is 14.4. The van der Waals surface area contributed by atoms with Gasteiger partial charge in [0.2, 0.25) is 0 Å². The van der Waals surface area contributed by atoms with E-state index in [0.717, 1.165) is 23.2 Å². The molecule has 0 fully saturated rings. The van der Waals surface area contributed by atoms with E-state index in [-0.39, 0.29) is 17.6 Å². The van der Waals surface area contributed by atoms with E-state index in [2.05, 4.69) is 58.8 Å². The van der Waals surface area contributed by atoms with Gasteiger partial charge in [-0.25, -0.2) is 0 Å². The van der Waals surface area contributed by atoms with Crippen molar-refractivity contribution in [2.24, 2.45) is 5.73 Å². The summed E-state index contributed by atoms with van der Waals surface area (Å²) in [4.78, 5) is 14.4. The highest BCUT2D eigenvalue weighted by Crippen LogP contribution is 2.42. The van der Waals surface area contributed by atoms with Crippen LogP contribution >= 0.6 is 0 Å². The Labute approximate surface area is 146 Å². The summed E-state index contributed by atoms with van der Waals surface area (Å²) in [5.41, 5.74) is 11.4. The van der Waals surface area contributed by atoms with E-state index in [1.807, 2.05) is 0 Å². The largest absolute Gasteiger partial charge is 0.402 e. The standard InChI is InChI=1S/C19H21N5O/c1-24(2)10-11-4-3-5-12(6-11)18-15-9-21-23-19(25)14-7-13(20)8-16(22-18)17(14)15/h3-7,9,16,18,22H,8,10,20H2,1-2H3. The Balaban J connectivity index is 1.83. The van der Waals surface area contributed by atoms with Crippen molar-refractivity contribution < 1.29 is 0 Å². The van der Waals surface area contributed by atoms with Gasteiger partial charge in [0, 0.05) is 24.7 Å². The maximum Gasteiger partial charge on any atom is 0.295 e. The van der Waals surface area contributed by atoms with E-state index in [0.29, 0.717) is 17.7 Å². The van der Waals surface area contributed by atoms with Crippen molar-refractivity contribution in [1.29, 1.82) is 0 Å². The average molecular weight is 335 g/mol. The molecule has 0 saturated heterocycles. The van der Waals surface area contributed by atoms with Gasteiger partial charge < -0.3 is 10.6 Å². The molecule has 2 heterocycles. The lowest BCUT2D eigenvalue weighted by molar-refractivity contribution is 0.402. The number of hydrogen-bond acceptors (Lipinski definition) is 6. The Bertz CT molecular complexity index is 922. The molecule has 1 aromatic carbocycles. The molecule has 0 amide bonds. The molecule has 6 nitrogen and oxygen atoms in total. The highest BCUT2D eigenvalue weighted by atomic mass is 16.1. The van der Waals surface area contributed by atoms with Crippen LogP contribution in [-0.2, 0) is 6.54 Å². The van der Waals surface area contributed by atoms with Crippen molar-refractivity contribution in [3.8, 4) is 0 Å².